The summed E-state index contributed by atoms with van der Waals surface area (Å²) in [6.45, 7) is 5.90. The Labute approximate surface area is 218 Å². The van der Waals surface area contributed by atoms with Crippen LogP contribution in [0.5, 0.6) is 0 Å². The fourth-order valence-electron chi connectivity index (χ4n) is 3.68. The third-order valence-electron chi connectivity index (χ3n) is 5.56. The maximum Gasteiger partial charge on any atom is 0.289 e. The lowest BCUT2D eigenvalue weighted by Gasteiger charge is -2.25. The molecule has 9 nitrogen and oxygen atoms in total. The second-order valence-electron chi connectivity index (χ2n) is 8.77. The number of hydrogen-bond donors (Lipinski definition) is 3. The van der Waals surface area contributed by atoms with E-state index < -0.39 is 42.1 Å². The average Bonchev–Trinajstić information content (AvgIpc) is 3.41. The Bertz CT molecular complexity index is 1060. The SMILES string of the molecule is CC(NC(=O)C1CCCN1C(=O)c1ccccc1)C(=O)NCC(=O)C(=O)NCc1ccccc1.CCC. The van der Waals surface area contributed by atoms with Crippen molar-refractivity contribution in [2.24, 2.45) is 0 Å². The third-order valence-corrected chi connectivity index (χ3v) is 5.56. The van der Waals surface area contributed by atoms with E-state index in [0.717, 1.165) is 5.56 Å². The van der Waals surface area contributed by atoms with Crippen LogP contribution < -0.4 is 16.0 Å². The molecule has 0 radical (unpaired) electrons. The summed E-state index contributed by atoms with van der Waals surface area (Å²) >= 11 is 0. The molecule has 9 heteroatoms. The fourth-order valence-corrected chi connectivity index (χ4v) is 3.68. The lowest BCUT2D eigenvalue weighted by atomic mass is 10.1. The van der Waals surface area contributed by atoms with Gasteiger partial charge >= 0.3 is 0 Å². The lowest BCUT2D eigenvalue weighted by Crippen LogP contribution is -2.52. The van der Waals surface area contributed by atoms with Gasteiger partial charge in [-0.2, -0.15) is 0 Å². The van der Waals surface area contributed by atoms with Crippen LogP contribution in [-0.2, 0) is 25.7 Å². The monoisotopic (exact) mass is 508 g/mol. The molecule has 3 rings (SSSR count). The van der Waals surface area contributed by atoms with E-state index in [2.05, 4.69) is 29.8 Å². The van der Waals surface area contributed by atoms with Gasteiger partial charge in [-0.25, -0.2) is 0 Å². The molecule has 2 atom stereocenters. The quantitative estimate of drug-likeness (QED) is 0.448. The normalized spacial score (nSPS) is 15.0. The van der Waals surface area contributed by atoms with Gasteiger partial charge in [-0.05, 0) is 37.5 Å². The zero-order valence-electron chi connectivity index (χ0n) is 21.7. The predicted molar refractivity (Wildman–Crippen MR) is 140 cm³/mol. The van der Waals surface area contributed by atoms with Gasteiger partial charge in [0.1, 0.15) is 12.1 Å². The number of benzene rings is 2. The first-order valence-corrected chi connectivity index (χ1v) is 12.6. The van der Waals surface area contributed by atoms with E-state index in [0.29, 0.717) is 24.9 Å². The van der Waals surface area contributed by atoms with Crippen LogP contribution in [-0.4, -0.2) is 59.5 Å². The minimum Gasteiger partial charge on any atom is -0.347 e. The second kappa shape index (κ2) is 15.2. The van der Waals surface area contributed by atoms with Gasteiger partial charge in [0.25, 0.3) is 11.8 Å². The van der Waals surface area contributed by atoms with Crippen molar-refractivity contribution in [3.8, 4) is 0 Å². The van der Waals surface area contributed by atoms with Gasteiger partial charge < -0.3 is 20.9 Å². The van der Waals surface area contributed by atoms with Crippen molar-refractivity contribution in [3.05, 3.63) is 71.8 Å². The molecular weight excluding hydrogens is 472 g/mol. The third kappa shape index (κ3) is 9.18. The summed E-state index contributed by atoms with van der Waals surface area (Å²) < 4.78 is 0. The van der Waals surface area contributed by atoms with E-state index in [-0.39, 0.29) is 12.5 Å². The van der Waals surface area contributed by atoms with Crippen molar-refractivity contribution in [3.63, 3.8) is 0 Å². The van der Waals surface area contributed by atoms with Crippen LogP contribution in [0, 0.1) is 0 Å². The molecule has 198 valence electrons. The number of nitrogens with zero attached hydrogens (tertiary/aromatic N) is 1. The molecule has 1 saturated heterocycles. The molecule has 1 aliphatic rings. The zero-order valence-corrected chi connectivity index (χ0v) is 21.7. The van der Waals surface area contributed by atoms with Crippen LogP contribution in [0.1, 0.15) is 56.0 Å². The predicted octanol–water partition coefficient (Wildman–Crippen LogP) is 2.21. The molecule has 2 aromatic carbocycles. The van der Waals surface area contributed by atoms with Crippen LogP contribution in [0.2, 0.25) is 0 Å². The lowest BCUT2D eigenvalue weighted by molar-refractivity contribution is -0.138. The maximum absolute atomic E-state index is 12.8. The summed E-state index contributed by atoms with van der Waals surface area (Å²) in [6, 6.07) is 16.2. The summed E-state index contributed by atoms with van der Waals surface area (Å²) in [7, 11) is 0. The van der Waals surface area contributed by atoms with Crippen LogP contribution >= 0.6 is 0 Å². The minimum atomic E-state index is -0.943. The topological polar surface area (TPSA) is 125 Å². The number of Topliss-reactive ketones (excluding diaryl/α,β-unsaturated/α-hetero) is 1. The Kier molecular flexibility index (Phi) is 12.0. The first-order valence-electron chi connectivity index (χ1n) is 12.6. The molecule has 0 saturated carbocycles. The highest BCUT2D eigenvalue weighted by molar-refractivity contribution is 6.37. The Morgan fingerprint density at radius 3 is 2.14 bits per heavy atom. The molecule has 1 heterocycles. The largest absolute Gasteiger partial charge is 0.347 e. The molecule has 2 aromatic rings. The zero-order chi connectivity index (χ0) is 27.2. The smallest absolute Gasteiger partial charge is 0.289 e. The molecule has 0 aliphatic carbocycles. The van der Waals surface area contributed by atoms with Gasteiger partial charge in [0.2, 0.25) is 17.6 Å². The van der Waals surface area contributed by atoms with Crippen LogP contribution in [0.25, 0.3) is 0 Å². The Balaban J connectivity index is 0.00000153. The molecule has 3 N–H and O–H groups in total. The summed E-state index contributed by atoms with van der Waals surface area (Å²) in [5.41, 5.74) is 1.34. The molecular formula is C28H36N4O5. The van der Waals surface area contributed by atoms with Gasteiger partial charge in [0.05, 0.1) is 6.54 Å². The van der Waals surface area contributed by atoms with Crippen LogP contribution in [0.3, 0.4) is 0 Å². The van der Waals surface area contributed by atoms with Gasteiger partial charge in [-0.15, -0.1) is 0 Å². The van der Waals surface area contributed by atoms with Crippen molar-refractivity contribution in [1.29, 1.82) is 0 Å². The average molecular weight is 509 g/mol. The number of nitrogens with one attached hydrogen (secondary N) is 3. The molecule has 1 fully saturated rings. The summed E-state index contributed by atoms with van der Waals surface area (Å²) in [4.78, 5) is 63.3. The highest BCUT2D eigenvalue weighted by Crippen LogP contribution is 2.20. The Morgan fingerprint density at radius 1 is 0.919 bits per heavy atom. The van der Waals surface area contributed by atoms with Gasteiger partial charge in [-0.3, -0.25) is 24.0 Å². The Morgan fingerprint density at radius 2 is 1.51 bits per heavy atom. The Hall–Kier alpha value is -4.01. The van der Waals surface area contributed by atoms with Crippen molar-refractivity contribution < 1.29 is 24.0 Å². The van der Waals surface area contributed by atoms with E-state index in [1.165, 1.54) is 18.2 Å². The number of ketones is 1. The molecule has 0 bridgehead atoms. The highest BCUT2D eigenvalue weighted by Gasteiger charge is 2.35. The standard InChI is InChI=1S/C25H28N4O5.C3H8/c1-17(22(31)27-16-21(30)24(33)26-15-18-9-4-2-5-10-18)28-23(32)20-13-8-14-29(20)25(34)19-11-6-3-7-12-19;1-3-2/h2-7,9-12,17,20H,8,13-16H2,1H3,(H,26,33)(H,27,31)(H,28,32);3H2,1-2H3. The molecule has 0 aromatic heterocycles. The first kappa shape index (κ1) is 29.2. The molecule has 0 spiro atoms. The van der Waals surface area contributed by atoms with Gasteiger partial charge in [0.15, 0.2) is 0 Å². The number of likely N-dealkylation sites (tertiary alicyclic amines) is 1. The fraction of sp³-hybridized carbons (Fsp3) is 0.393. The van der Waals surface area contributed by atoms with E-state index in [9.17, 15) is 24.0 Å². The maximum atomic E-state index is 12.8. The van der Waals surface area contributed by atoms with Crippen LogP contribution in [0.4, 0.5) is 0 Å². The number of carbonyl (C=O) groups is 5. The number of carbonyl (C=O) groups excluding carboxylic acids is 5. The number of amides is 4. The van der Waals surface area contributed by atoms with E-state index >= 15 is 0 Å². The second-order valence-corrected chi connectivity index (χ2v) is 8.77. The van der Waals surface area contributed by atoms with Crippen molar-refractivity contribution in [2.45, 2.75) is 58.7 Å². The van der Waals surface area contributed by atoms with Gasteiger partial charge in [0, 0.05) is 18.7 Å². The van der Waals surface area contributed by atoms with E-state index in [1.54, 1.807) is 24.3 Å². The number of hydrogen-bond acceptors (Lipinski definition) is 5. The van der Waals surface area contributed by atoms with E-state index in [1.807, 2.05) is 36.4 Å². The van der Waals surface area contributed by atoms with Crippen molar-refractivity contribution in [1.82, 2.24) is 20.9 Å². The van der Waals surface area contributed by atoms with Crippen molar-refractivity contribution >= 4 is 29.4 Å². The summed E-state index contributed by atoms with van der Waals surface area (Å²) in [6.07, 6.45) is 2.43. The molecule has 4 amide bonds. The van der Waals surface area contributed by atoms with Crippen LogP contribution in [0.15, 0.2) is 60.7 Å². The van der Waals surface area contributed by atoms with Crippen molar-refractivity contribution in [2.75, 3.05) is 13.1 Å². The van der Waals surface area contributed by atoms with Gasteiger partial charge in [-0.1, -0.05) is 68.8 Å². The molecule has 37 heavy (non-hydrogen) atoms. The first-order chi connectivity index (χ1) is 17.8. The minimum absolute atomic E-state index is 0.200. The summed E-state index contributed by atoms with van der Waals surface area (Å²) in [5, 5.41) is 7.48. The highest BCUT2D eigenvalue weighted by atomic mass is 16.2. The molecule has 2 unspecified atom stereocenters. The molecule has 1 aliphatic heterocycles. The summed E-state index contributed by atoms with van der Waals surface area (Å²) in [5.74, 6) is -2.87. The van der Waals surface area contributed by atoms with E-state index in [4.69, 9.17) is 0 Å². The number of rotatable bonds is 9.